The molecule has 1 aliphatic carbocycles. The largest absolute Gasteiger partial charge is 0.313 e. The van der Waals surface area contributed by atoms with Crippen LogP contribution >= 0.6 is 0 Å². The monoisotopic (exact) mass is 295 g/mol. The average Bonchev–Trinajstić information content (AvgIpc) is 2.41. The topological polar surface area (TPSA) is 46.2 Å². The molecule has 1 N–H and O–H groups in total. The van der Waals surface area contributed by atoms with Crippen molar-refractivity contribution in [2.24, 2.45) is 5.92 Å². The number of nitrogens with one attached hydrogen (secondary N) is 1. The van der Waals surface area contributed by atoms with Gasteiger partial charge in [0.15, 0.2) is 9.84 Å². The molecule has 3 nitrogen and oxygen atoms in total. The van der Waals surface area contributed by atoms with Crippen LogP contribution in [0.1, 0.15) is 38.7 Å². The lowest BCUT2D eigenvalue weighted by atomic mass is 9.87. The Morgan fingerprint density at radius 2 is 1.85 bits per heavy atom. The van der Waals surface area contributed by atoms with Gasteiger partial charge < -0.3 is 5.32 Å². The van der Waals surface area contributed by atoms with Crippen molar-refractivity contribution in [2.75, 3.05) is 6.54 Å². The van der Waals surface area contributed by atoms with Crippen molar-refractivity contribution in [2.45, 2.75) is 56.2 Å². The fraction of sp³-hybridized carbons (Fsp3) is 0.625. The van der Waals surface area contributed by atoms with Gasteiger partial charge in [0.05, 0.1) is 10.1 Å². The summed E-state index contributed by atoms with van der Waals surface area (Å²) in [6.45, 7) is 6.98. The van der Waals surface area contributed by atoms with E-state index >= 15 is 0 Å². The van der Waals surface area contributed by atoms with E-state index in [2.05, 4.69) is 12.2 Å². The van der Waals surface area contributed by atoms with Crippen LogP contribution in [0.3, 0.4) is 0 Å². The van der Waals surface area contributed by atoms with Gasteiger partial charge in [0, 0.05) is 6.04 Å². The minimum atomic E-state index is -3.25. The predicted octanol–water partition coefficient (Wildman–Crippen LogP) is 2.94. The summed E-state index contributed by atoms with van der Waals surface area (Å²) in [6, 6.07) is 7.32. The lowest BCUT2D eigenvalue weighted by Gasteiger charge is -2.35. The molecule has 3 atom stereocenters. The molecule has 0 spiro atoms. The summed E-state index contributed by atoms with van der Waals surface area (Å²) >= 11 is 0. The Hall–Kier alpha value is -0.870. The Morgan fingerprint density at radius 3 is 2.45 bits per heavy atom. The molecule has 112 valence electrons. The molecule has 1 aromatic rings. The molecule has 2 rings (SSSR count). The molecule has 1 fully saturated rings. The number of hydrogen-bond donors (Lipinski definition) is 1. The minimum absolute atomic E-state index is 0.0857. The van der Waals surface area contributed by atoms with Gasteiger partial charge in [-0.2, -0.15) is 0 Å². The maximum absolute atomic E-state index is 12.9. The zero-order chi connectivity index (χ0) is 14.8. The van der Waals surface area contributed by atoms with E-state index in [-0.39, 0.29) is 11.3 Å². The quantitative estimate of drug-likeness (QED) is 0.929. The molecular formula is C16H25NO2S. The highest BCUT2D eigenvalue weighted by Crippen LogP contribution is 2.32. The molecule has 0 bridgehead atoms. The molecule has 0 heterocycles. The van der Waals surface area contributed by atoms with Crippen molar-refractivity contribution in [3.05, 3.63) is 29.8 Å². The van der Waals surface area contributed by atoms with E-state index in [0.717, 1.165) is 31.4 Å². The van der Waals surface area contributed by atoms with E-state index in [0.29, 0.717) is 10.8 Å². The van der Waals surface area contributed by atoms with Crippen LogP contribution in [-0.2, 0) is 9.84 Å². The number of hydrogen-bond acceptors (Lipinski definition) is 3. The van der Waals surface area contributed by atoms with Crippen LogP contribution in [0, 0.1) is 12.8 Å². The molecule has 0 amide bonds. The van der Waals surface area contributed by atoms with Crippen LogP contribution in [-0.4, -0.2) is 26.3 Å². The Labute approximate surface area is 122 Å². The smallest absolute Gasteiger partial charge is 0.182 e. The second-order valence-electron chi connectivity index (χ2n) is 5.98. The maximum atomic E-state index is 12.9. The van der Waals surface area contributed by atoms with Gasteiger partial charge in [0.25, 0.3) is 0 Å². The zero-order valence-electron chi connectivity index (χ0n) is 12.6. The molecule has 0 aliphatic heterocycles. The Bertz CT molecular complexity index is 536. The lowest BCUT2D eigenvalue weighted by Crippen LogP contribution is -2.47. The molecule has 0 aromatic heterocycles. The van der Waals surface area contributed by atoms with Gasteiger partial charge in [-0.1, -0.05) is 31.5 Å². The summed E-state index contributed by atoms with van der Waals surface area (Å²) < 4.78 is 25.8. The SMILES string of the molecule is CCNC1CCC(C)CC1S(=O)(=O)c1ccc(C)cc1. The highest BCUT2D eigenvalue weighted by molar-refractivity contribution is 7.92. The molecule has 20 heavy (non-hydrogen) atoms. The summed E-state index contributed by atoms with van der Waals surface area (Å²) in [5.74, 6) is 0.482. The molecule has 0 radical (unpaired) electrons. The standard InChI is InChI=1S/C16H25NO2S/c1-4-17-15-10-7-13(3)11-16(15)20(18,19)14-8-5-12(2)6-9-14/h5-6,8-9,13,15-17H,4,7,10-11H2,1-3H3. The van der Waals surface area contributed by atoms with Gasteiger partial charge in [-0.05, 0) is 50.8 Å². The van der Waals surface area contributed by atoms with E-state index < -0.39 is 9.84 Å². The fourth-order valence-electron chi connectivity index (χ4n) is 3.07. The minimum Gasteiger partial charge on any atom is -0.313 e. The normalized spacial score (nSPS) is 27.4. The Balaban J connectivity index is 2.31. The van der Waals surface area contributed by atoms with Crippen molar-refractivity contribution in [3.63, 3.8) is 0 Å². The fourth-order valence-corrected chi connectivity index (χ4v) is 5.18. The number of benzene rings is 1. The number of sulfone groups is 1. The zero-order valence-corrected chi connectivity index (χ0v) is 13.4. The summed E-state index contributed by atoms with van der Waals surface area (Å²) in [6.07, 6.45) is 2.82. The average molecular weight is 295 g/mol. The van der Waals surface area contributed by atoms with Gasteiger partial charge in [0.1, 0.15) is 0 Å². The van der Waals surface area contributed by atoms with Crippen molar-refractivity contribution < 1.29 is 8.42 Å². The van der Waals surface area contributed by atoms with Gasteiger partial charge in [-0.25, -0.2) is 8.42 Å². The van der Waals surface area contributed by atoms with Gasteiger partial charge in [-0.3, -0.25) is 0 Å². The van der Waals surface area contributed by atoms with Gasteiger partial charge in [0.2, 0.25) is 0 Å². The molecule has 1 aromatic carbocycles. The third-order valence-electron chi connectivity index (χ3n) is 4.27. The lowest BCUT2D eigenvalue weighted by molar-refractivity contribution is 0.311. The van der Waals surface area contributed by atoms with Crippen molar-refractivity contribution in [3.8, 4) is 0 Å². The van der Waals surface area contributed by atoms with E-state index in [1.807, 2.05) is 26.0 Å². The molecule has 0 saturated heterocycles. The summed E-state index contributed by atoms with van der Waals surface area (Å²) in [5.41, 5.74) is 1.09. The van der Waals surface area contributed by atoms with E-state index in [1.165, 1.54) is 0 Å². The van der Waals surface area contributed by atoms with Crippen LogP contribution in [0.4, 0.5) is 0 Å². The molecule has 4 heteroatoms. The van der Waals surface area contributed by atoms with Crippen molar-refractivity contribution in [1.29, 1.82) is 0 Å². The second-order valence-corrected chi connectivity index (χ2v) is 8.15. The first-order chi connectivity index (χ1) is 9.45. The Kier molecular flexibility index (Phi) is 4.86. The second kappa shape index (κ2) is 6.27. The third-order valence-corrected chi connectivity index (χ3v) is 6.52. The number of aryl methyl sites for hydroxylation is 1. The number of rotatable bonds is 4. The van der Waals surface area contributed by atoms with E-state index in [9.17, 15) is 8.42 Å². The molecule has 1 saturated carbocycles. The first-order valence-electron chi connectivity index (χ1n) is 7.49. The third kappa shape index (κ3) is 3.23. The first-order valence-corrected chi connectivity index (χ1v) is 9.03. The summed E-state index contributed by atoms with van der Waals surface area (Å²) in [7, 11) is -3.25. The van der Waals surface area contributed by atoms with Crippen LogP contribution in [0.2, 0.25) is 0 Å². The van der Waals surface area contributed by atoms with Crippen LogP contribution in [0.15, 0.2) is 29.2 Å². The highest BCUT2D eigenvalue weighted by atomic mass is 32.2. The van der Waals surface area contributed by atoms with Crippen LogP contribution < -0.4 is 5.32 Å². The molecule has 3 unspecified atom stereocenters. The maximum Gasteiger partial charge on any atom is 0.182 e. The van der Waals surface area contributed by atoms with Crippen molar-refractivity contribution in [1.82, 2.24) is 5.32 Å². The van der Waals surface area contributed by atoms with Gasteiger partial charge >= 0.3 is 0 Å². The van der Waals surface area contributed by atoms with E-state index in [1.54, 1.807) is 12.1 Å². The predicted molar refractivity (Wildman–Crippen MR) is 82.6 cm³/mol. The molecule has 1 aliphatic rings. The highest BCUT2D eigenvalue weighted by Gasteiger charge is 2.38. The summed E-state index contributed by atoms with van der Waals surface area (Å²) in [4.78, 5) is 0.463. The van der Waals surface area contributed by atoms with Crippen molar-refractivity contribution >= 4 is 9.84 Å². The summed E-state index contributed by atoms with van der Waals surface area (Å²) in [5, 5.41) is 3.07. The Morgan fingerprint density at radius 1 is 1.20 bits per heavy atom. The van der Waals surface area contributed by atoms with Crippen LogP contribution in [0.5, 0.6) is 0 Å². The van der Waals surface area contributed by atoms with Gasteiger partial charge in [-0.15, -0.1) is 0 Å². The molecular weight excluding hydrogens is 270 g/mol. The first kappa shape index (κ1) is 15.5. The van der Waals surface area contributed by atoms with E-state index in [4.69, 9.17) is 0 Å². The van der Waals surface area contributed by atoms with Crippen LogP contribution in [0.25, 0.3) is 0 Å².